The van der Waals surface area contributed by atoms with Crippen molar-refractivity contribution in [3.05, 3.63) is 89.7 Å². The molecule has 0 saturated heterocycles. The van der Waals surface area contributed by atoms with Crippen molar-refractivity contribution in [3.63, 3.8) is 0 Å². The molecular formula is C24H24FN3O4S. The van der Waals surface area contributed by atoms with E-state index in [1.807, 2.05) is 0 Å². The zero-order chi connectivity index (χ0) is 24.0. The number of hydrogen-bond acceptors (Lipinski definition) is 4. The number of amides is 2. The van der Waals surface area contributed by atoms with Crippen molar-refractivity contribution < 1.29 is 22.4 Å². The minimum Gasteiger partial charge on any atom is -0.349 e. The maximum Gasteiger partial charge on any atom is 0.262 e. The molecule has 1 unspecified atom stereocenters. The van der Waals surface area contributed by atoms with Crippen LogP contribution in [0.25, 0.3) is 0 Å². The summed E-state index contributed by atoms with van der Waals surface area (Å²) in [4.78, 5) is 24.6. The molecule has 1 atom stereocenters. The van der Waals surface area contributed by atoms with Gasteiger partial charge in [0.1, 0.15) is 5.82 Å². The van der Waals surface area contributed by atoms with Crippen LogP contribution >= 0.6 is 0 Å². The van der Waals surface area contributed by atoms with E-state index in [9.17, 15) is 22.4 Å². The summed E-state index contributed by atoms with van der Waals surface area (Å²) in [7, 11) is -4.09. The summed E-state index contributed by atoms with van der Waals surface area (Å²) in [6, 6.07) is 18.1. The van der Waals surface area contributed by atoms with E-state index in [2.05, 4.69) is 15.4 Å². The molecule has 3 aromatic carbocycles. The number of hydrogen-bond donors (Lipinski definition) is 3. The lowest BCUT2D eigenvalue weighted by atomic mass is 10.1. The largest absolute Gasteiger partial charge is 0.349 e. The van der Waals surface area contributed by atoms with Crippen LogP contribution in [0.1, 0.15) is 29.3 Å². The van der Waals surface area contributed by atoms with Gasteiger partial charge in [0.2, 0.25) is 5.91 Å². The van der Waals surface area contributed by atoms with E-state index >= 15 is 0 Å². The van der Waals surface area contributed by atoms with Crippen molar-refractivity contribution in [1.29, 1.82) is 0 Å². The molecule has 7 nitrogen and oxygen atoms in total. The SMILES string of the molecule is Cc1ccc(NC(=O)CC(C)NC(=O)c2ccccc2)cc1S(=O)(=O)Nc1ccccc1F. The maximum absolute atomic E-state index is 13.9. The number of benzene rings is 3. The van der Waals surface area contributed by atoms with Crippen LogP contribution < -0.4 is 15.4 Å². The van der Waals surface area contributed by atoms with Gasteiger partial charge in [-0.1, -0.05) is 36.4 Å². The average Bonchev–Trinajstić information content (AvgIpc) is 2.77. The van der Waals surface area contributed by atoms with Crippen molar-refractivity contribution in [3.8, 4) is 0 Å². The molecular weight excluding hydrogens is 445 g/mol. The van der Waals surface area contributed by atoms with Crippen molar-refractivity contribution in [2.75, 3.05) is 10.0 Å². The zero-order valence-electron chi connectivity index (χ0n) is 18.1. The number of carbonyl (C=O) groups excluding carboxylic acids is 2. The van der Waals surface area contributed by atoms with Gasteiger partial charge >= 0.3 is 0 Å². The Kier molecular flexibility index (Phi) is 7.44. The summed E-state index contributed by atoms with van der Waals surface area (Å²) < 4.78 is 41.7. The Hall–Kier alpha value is -3.72. The fraction of sp³-hybridized carbons (Fsp3) is 0.167. The number of aryl methyl sites for hydroxylation is 1. The molecule has 172 valence electrons. The van der Waals surface area contributed by atoms with Crippen LogP contribution in [0.5, 0.6) is 0 Å². The molecule has 0 aliphatic rings. The summed E-state index contributed by atoms with van der Waals surface area (Å²) in [6.07, 6.45) is -0.0119. The molecule has 0 saturated carbocycles. The predicted molar refractivity (Wildman–Crippen MR) is 125 cm³/mol. The molecule has 0 aromatic heterocycles. The Bertz CT molecular complexity index is 1260. The normalized spacial score (nSPS) is 12.0. The molecule has 3 rings (SSSR count). The molecule has 0 aliphatic heterocycles. The standard InChI is InChI=1S/C24H24FN3O4S/c1-16-12-13-19(15-22(16)33(31,32)28-21-11-7-6-10-20(21)25)27-23(29)14-17(2)26-24(30)18-8-4-3-5-9-18/h3-13,15,17,28H,14H2,1-2H3,(H,26,30)(H,27,29). The van der Waals surface area contributed by atoms with E-state index in [-0.39, 0.29) is 28.6 Å². The van der Waals surface area contributed by atoms with Crippen LogP contribution in [-0.4, -0.2) is 26.3 Å². The highest BCUT2D eigenvalue weighted by Gasteiger charge is 2.20. The predicted octanol–water partition coefficient (Wildman–Crippen LogP) is 4.08. The van der Waals surface area contributed by atoms with Gasteiger partial charge in [0.05, 0.1) is 10.6 Å². The highest BCUT2D eigenvalue weighted by Crippen LogP contribution is 2.24. The Labute approximate surface area is 192 Å². The molecule has 0 spiro atoms. The number of nitrogens with one attached hydrogen (secondary N) is 3. The van der Waals surface area contributed by atoms with Gasteiger partial charge < -0.3 is 10.6 Å². The summed E-state index contributed by atoms with van der Waals surface area (Å²) in [5.74, 6) is -1.39. The Morgan fingerprint density at radius 2 is 1.64 bits per heavy atom. The summed E-state index contributed by atoms with van der Waals surface area (Å²) in [5.41, 5.74) is 1.01. The number of para-hydroxylation sites is 1. The van der Waals surface area contributed by atoms with Crippen molar-refractivity contribution >= 4 is 33.2 Å². The second-order valence-electron chi connectivity index (χ2n) is 7.56. The van der Waals surface area contributed by atoms with Gasteiger partial charge in [0, 0.05) is 23.7 Å². The van der Waals surface area contributed by atoms with Crippen LogP contribution in [-0.2, 0) is 14.8 Å². The zero-order valence-corrected chi connectivity index (χ0v) is 18.9. The second kappa shape index (κ2) is 10.3. The first kappa shape index (κ1) is 23.9. The number of carbonyl (C=O) groups is 2. The first-order valence-corrected chi connectivity index (χ1v) is 11.7. The Balaban J connectivity index is 1.67. The first-order valence-electron chi connectivity index (χ1n) is 10.2. The van der Waals surface area contributed by atoms with E-state index in [0.717, 1.165) is 6.07 Å². The van der Waals surface area contributed by atoms with Crippen molar-refractivity contribution in [2.45, 2.75) is 31.2 Å². The molecule has 2 amide bonds. The number of rotatable bonds is 8. The van der Waals surface area contributed by atoms with Gasteiger partial charge in [0.25, 0.3) is 15.9 Å². The molecule has 3 N–H and O–H groups in total. The van der Waals surface area contributed by atoms with Crippen molar-refractivity contribution in [1.82, 2.24) is 5.32 Å². The smallest absolute Gasteiger partial charge is 0.262 e. The van der Waals surface area contributed by atoms with Gasteiger partial charge in [-0.05, 0) is 55.8 Å². The molecule has 0 bridgehead atoms. The van der Waals surface area contributed by atoms with Crippen molar-refractivity contribution in [2.24, 2.45) is 0 Å². The summed E-state index contributed by atoms with van der Waals surface area (Å²) in [6.45, 7) is 3.30. The highest BCUT2D eigenvalue weighted by molar-refractivity contribution is 7.92. The van der Waals surface area contributed by atoms with Gasteiger partial charge in [-0.2, -0.15) is 0 Å². The lowest BCUT2D eigenvalue weighted by Crippen LogP contribution is -2.35. The highest BCUT2D eigenvalue weighted by atomic mass is 32.2. The van der Waals surface area contributed by atoms with Crippen LogP contribution in [0, 0.1) is 12.7 Å². The lowest BCUT2D eigenvalue weighted by Gasteiger charge is -2.15. The summed E-state index contributed by atoms with van der Waals surface area (Å²) >= 11 is 0. The third-order valence-electron chi connectivity index (χ3n) is 4.78. The van der Waals surface area contributed by atoms with Gasteiger partial charge in [0.15, 0.2) is 0 Å². The average molecular weight is 470 g/mol. The molecule has 0 heterocycles. The molecule has 3 aromatic rings. The van der Waals surface area contributed by atoms with E-state index in [1.165, 1.54) is 24.3 Å². The maximum atomic E-state index is 13.9. The van der Waals surface area contributed by atoms with E-state index < -0.39 is 27.8 Å². The number of sulfonamides is 1. The van der Waals surface area contributed by atoms with E-state index in [1.54, 1.807) is 56.3 Å². The van der Waals surface area contributed by atoms with Gasteiger partial charge in [-0.3, -0.25) is 14.3 Å². The first-order chi connectivity index (χ1) is 15.7. The molecule has 0 aliphatic carbocycles. The van der Waals surface area contributed by atoms with Crippen LogP contribution in [0.2, 0.25) is 0 Å². The van der Waals surface area contributed by atoms with Gasteiger partial charge in [-0.25, -0.2) is 12.8 Å². The fourth-order valence-corrected chi connectivity index (χ4v) is 4.49. The quantitative estimate of drug-likeness (QED) is 0.462. The van der Waals surface area contributed by atoms with Gasteiger partial charge in [-0.15, -0.1) is 0 Å². The molecule has 9 heteroatoms. The molecule has 33 heavy (non-hydrogen) atoms. The summed E-state index contributed by atoms with van der Waals surface area (Å²) in [5, 5.41) is 5.39. The topological polar surface area (TPSA) is 104 Å². The Morgan fingerprint density at radius 3 is 2.33 bits per heavy atom. The number of anilines is 2. The van der Waals surface area contributed by atoms with E-state index in [0.29, 0.717) is 11.1 Å². The van der Waals surface area contributed by atoms with E-state index in [4.69, 9.17) is 0 Å². The van der Waals surface area contributed by atoms with Crippen LogP contribution in [0.15, 0.2) is 77.7 Å². The van der Waals surface area contributed by atoms with Crippen LogP contribution in [0.3, 0.4) is 0 Å². The monoisotopic (exact) mass is 469 g/mol. The lowest BCUT2D eigenvalue weighted by molar-refractivity contribution is -0.116. The Morgan fingerprint density at radius 1 is 0.970 bits per heavy atom. The third kappa shape index (κ3) is 6.39. The second-order valence-corrected chi connectivity index (χ2v) is 9.21. The third-order valence-corrected chi connectivity index (χ3v) is 6.29. The molecule has 0 radical (unpaired) electrons. The van der Waals surface area contributed by atoms with Crippen LogP contribution in [0.4, 0.5) is 15.8 Å². The minimum atomic E-state index is -4.09. The molecule has 0 fully saturated rings. The number of halogens is 1. The minimum absolute atomic E-state index is 0.0119. The fourth-order valence-electron chi connectivity index (χ4n) is 3.15.